The molecular formula is C13H22O9. The zero-order valence-corrected chi connectivity index (χ0v) is 12.2. The zero-order valence-electron chi connectivity index (χ0n) is 12.2. The third kappa shape index (κ3) is 10.8. The molecule has 0 saturated heterocycles. The van der Waals surface area contributed by atoms with Crippen molar-refractivity contribution in [3.05, 3.63) is 11.6 Å². The summed E-state index contributed by atoms with van der Waals surface area (Å²) < 4.78 is 0. The lowest BCUT2D eigenvalue weighted by Crippen LogP contribution is -2.33. The van der Waals surface area contributed by atoms with E-state index in [1.165, 1.54) is 13.0 Å². The fourth-order valence-electron chi connectivity index (χ4n) is 1.20. The van der Waals surface area contributed by atoms with Crippen molar-refractivity contribution in [2.24, 2.45) is 5.41 Å². The summed E-state index contributed by atoms with van der Waals surface area (Å²) in [5.74, 6) is -3.61. The van der Waals surface area contributed by atoms with E-state index in [9.17, 15) is 14.4 Å². The standard InChI is InChI=1S/C10H18O5.C3H4O4/c1-8(9(14)15)3-2-4-10(5-11,6-12)7-13;4-2(5)1-3(6)7/h3,11-13H,2,4-7H2,1H3,(H,14,15);1H2,(H,4,5)(H,6,7). The SMILES string of the molecule is CC(=CCCC(CO)(CO)CO)C(=O)O.O=C(O)CC(=O)O. The summed E-state index contributed by atoms with van der Waals surface area (Å²) in [5.41, 5.74) is -0.701. The van der Waals surface area contributed by atoms with Crippen molar-refractivity contribution >= 4 is 17.9 Å². The summed E-state index contributed by atoms with van der Waals surface area (Å²) in [5, 5.41) is 51.0. The molecule has 22 heavy (non-hydrogen) atoms. The Morgan fingerprint density at radius 3 is 1.55 bits per heavy atom. The molecule has 0 amide bonds. The van der Waals surface area contributed by atoms with Crippen LogP contribution >= 0.6 is 0 Å². The monoisotopic (exact) mass is 322 g/mol. The van der Waals surface area contributed by atoms with Gasteiger partial charge in [-0.2, -0.15) is 0 Å². The molecule has 0 rings (SSSR count). The highest BCUT2D eigenvalue weighted by molar-refractivity contribution is 5.88. The fourth-order valence-corrected chi connectivity index (χ4v) is 1.20. The van der Waals surface area contributed by atoms with Crippen molar-refractivity contribution < 1.29 is 45.0 Å². The molecule has 0 heterocycles. The molecule has 128 valence electrons. The summed E-state index contributed by atoms with van der Waals surface area (Å²) in [6.07, 6.45) is 1.46. The minimum Gasteiger partial charge on any atom is -0.481 e. The van der Waals surface area contributed by atoms with E-state index >= 15 is 0 Å². The molecule has 0 atom stereocenters. The predicted molar refractivity (Wildman–Crippen MR) is 74.2 cm³/mol. The van der Waals surface area contributed by atoms with Crippen LogP contribution < -0.4 is 0 Å². The third-order valence-corrected chi connectivity index (χ3v) is 2.77. The molecule has 0 bridgehead atoms. The Balaban J connectivity index is 0. The molecule has 0 aromatic heterocycles. The van der Waals surface area contributed by atoms with E-state index in [-0.39, 0.29) is 25.4 Å². The normalized spacial score (nSPS) is 11.4. The topological polar surface area (TPSA) is 173 Å². The van der Waals surface area contributed by atoms with Crippen LogP contribution in [0.25, 0.3) is 0 Å². The Bertz CT molecular complexity index is 376. The second kappa shape index (κ2) is 11.7. The lowest BCUT2D eigenvalue weighted by Gasteiger charge is -2.26. The van der Waals surface area contributed by atoms with E-state index in [1.54, 1.807) is 0 Å². The van der Waals surface area contributed by atoms with Crippen LogP contribution in [0.15, 0.2) is 11.6 Å². The first-order chi connectivity index (χ1) is 10.1. The van der Waals surface area contributed by atoms with Gasteiger partial charge in [0.1, 0.15) is 6.42 Å². The first kappa shape index (κ1) is 22.3. The molecule has 0 unspecified atom stereocenters. The highest BCUT2D eigenvalue weighted by atomic mass is 16.4. The molecule has 0 spiro atoms. The van der Waals surface area contributed by atoms with Crippen molar-refractivity contribution in [3.8, 4) is 0 Å². The number of hydrogen-bond acceptors (Lipinski definition) is 6. The quantitative estimate of drug-likeness (QED) is 0.237. The second-order valence-electron chi connectivity index (χ2n) is 4.67. The van der Waals surface area contributed by atoms with Crippen molar-refractivity contribution in [3.63, 3.8) is 0 Å². The summed E-state index contributed by atoms with van der Waals surface area (Å²) in [7, 11) is 0. The Morgan fingerprint density at radius 1 is 0.909 bits per heavy atom. The van der Waals surface area contributed by atoms with E-state index in [0.717, 1.165) is 0 Å². The maximum absolute atomic E-state index is 10.4. The molecule has 6 N–H and O–H groups in total. The van der Waals surface area contributed by atoms with Crippen LogP contribution in [0, 0.1) is 5.41 Å². The molecule has 0 aliphatic carbocycles. The smallest absolute Gasteiger partial charge is 0.330 e. The van der Waals surface area contributed by atoms with Crippen molar-refractivity contribution in [1.29, 1.82) is 0 Å². The van der Waals surface area contributed by atoms with Gasteiger partial charge in [0, 0.05) is 11.0 Å². The molecule has 0 saturated carbocycles. The largest absolute Gasteiger partial charge is 0.481 e. The number of hydrogen-bond donors (Lipinski definition) is 6. The van der Waals surface area contributed by atoms with E-state index in [1.807, 2.05) is 0 Å². The average Bonchev–Trinajstić information content (AvgIpc) is 2.43. The minimum atomic E-state index is -1.31. The maximum Gasteiger partial charge on any atom is 0.330 e. The van der Waals surface area contributed by atoms with Gasteiger partial charge in [0.05, 0.1) is 19.8 Å². The van der Waals surface area contributed by atoms with Gasteiger partial charge in [-0.25, -0.2) is 4.79 Å². The number of rotatable bonds is 9. The number of carboxylic acids is 3. The molecule has 0 aliphatic rings. The van der Waals surface area contributed by atoms with Gasteiger partial charge in [-0.1, -0.05) is 6.08 Å². The van der Waals surface area contributed by atoms with E-state index in [2.05, 4.69) is 0 Å². The number of carbonyl (C=O) groups is 3. The molecule has 9 nitrogen and oxygen atoms in total. The van der Waals surface area contributed by atoms with Gasteiger partial charge in [-0.05, 0) is 19.8 Å². The highest BCUT2D eigenvalue weighted by Crippen LogP contribution is 2.22. The predicted octanol–water partition coefficient (Wildman–Crippen LogP) is -0.693. The molecule has 0 aromatic carbocycles. The van der Waals surface area contributed by atoms with Gasteiger partial charge in [0.15, 0.2) is 0 Å². The summed E-state index contributed by atoms with van der Waals surface area (Å²) >= 11 is 0. The Hall–Kier alpha value is -1.97. The molecule has 0 fully saturated rings. The maximum atomic E-state index is 10.4. The lowest BCUT2D eigenvalue weighted by atomic mass is 9.85. The summed E-state index contributed by atoms with van der Waals surface area (Å²) in [4.78, 5) is 29.3. The highest BCUT2D eigenvalue weighted by Gasteiger charge is 2.26. The number of aliphatic hydroxyl groups is 3. The van der Waals surface area contributed by atoms with Crippen molar-refractivity contribution in [2.45, 2.75) is 26.2 Å². The van der Waals surface area contributed by atoms with E-state index in [4.69, 9.17) is 30.6 Å². The first-order valence-electron chi connectivity index (χ1n) is 6.30. The average molecular weight is 322 g/mol. The van der Waals surface area contributed by atoms with Gasteiger partial charge in [-0.3, -0.25) is 9.59 Å². The third-order valence-electron chi connectivity index (χ3n) is 2.77. The Morgan fingerprint density at radius 2 is 1.32 bits per heavy atom. The van der Waals surface area contributed by atoms with Crippen LogP contribution in [0.2, 0.25) is 0 Å². The van der Waals surface area contributed by atoms with Crippen molar-refractivity contribution in [2.75, 3.05) is 19.8 Å². The number of carboxylic acid groups (broad SMARTS) is 3. The van der Waals surface area contributed by atoms with Crippen LogP contribution in [0.1, 0.15) is 26.2 Å². The van der Waals surface area contributed by atoms with Crippen LogP contribution in [0.3, 0.4) is 0 Å². The zero-order chi connectivity index (χ0) is 17.8. The number of aliphatic carboxylic acids is 3. The first-order valence-corrected chi connectivity index (χ1v) is 6.30. The lowest BCUT2D eigenvalue weighted by molar-refractivity contribution is -0.147. The van der Waals surface area contributed by atoms with E-state index < -0.39 is 29.7 Å². The van der Waals surface area contributed by atoms with Gasteiger partial charge in [0.2, 0.25) is 0 Å². The van der Waals surface area contributed by atoms with Gasteiger partial charge in [-0.15, -0.1) is 0 Å². The second-order valence-corrected chi connectivity index (χ2v) is 4.67. The molecular weight excluding hydrogens is 300 g/mol. The van der Waals surface area contributed by atoms with Gasteiger partial charge >= 0.3 is 17.9 Å². The van der Waals surface area contributed by atoms with Crippen LogP contribution in [-0.4, -0.2) is 68.4 Å². The van der Waals surface area contributed by atoms with Crippen LogP contribution in [-0.2, 0) is 14.4 Å². The van der Waals surface area contributed by atoms with Gasteiger partial charge in [0.25, 0.3) is 0 Å². The van der Waals surface area contributed by atoms with Crippen LogP contribution in [0.5, 0.6) is 0 Å². The summed E-state index contributed by atoms with van der Waals surface area (Å²) in [6, 6.07) is 0. The molecule has 0 radical (unpaired) electrons. The van der Waals surface area contributed by atoms with E-state index in [0.29, 0.717) is 12.8 Å². The Labute approximate surface area is 127 Å². The number of aliphatic hydroxyl groups excluding tert-OH is 3. The molecule has 9 heteroatoms. The fraction of sp³-hybridized carbons (Fsp3) is 0.615. The van der Waals surface area contributed by atoms with Gasteiger partial charge < -0.3 is 30.6 Å². The summed E-state index contributed by atoms with van der Waals surface area (Å²) in [6.45, 7) is 0.515. The number of allylic oxidation sites excluding steroid dienone is 1. The molecule has 0 aliphatic heterocycles. The van der Waals surface area contributed by atoms with Crippen molar-refractivity contribution in [1.82, 2.24) is 0 Å². The molecule has 0 aromatic rings. The Kier molecular flexibility index (Phi) is 11.8. The van der Waals surface area contributed by atoms with Crippen LogP contribution in [0.4, 0.5) is 0 Å². The minimum absolute atomic E-state index is 0.220.